The third-order valence-electron chi connectivity index (χ3n) is 8.71. The van der Waals surface area contributed by atoms with Crippen LogP contribution in [0.1, 0.15) is 25.0 Å². The van der Waals surface area contributed by atoms with E-state index in [2.05, 4.69) is 128 Å². The van der Waals surface area contributed by atoms with Crippen LogP contribution < -0.4 is 0 Å². The summed E-state index contributed by atoms with van der Waals surface area (Å²) in [5.74, 6) is 0. The molecule has 0 N–H and O–H groups in total. The Kier molecular flexibility index (Phi) is 8.38. The second-order valence-electron chi connectivity index (χ2n) is 12.0. The van der Waals surface area contributed by atoms with E-state index in [1.807, 2.05) is 36.5 Å². The van der Waals surface area contributed by atoms with Gasteiger partial charge in [-0.25, -0.2) is 0 Å². The fourth-order valence-electron chi connectivity index (χ4n) is 6.29. The molecule has 0 aliphatic heterocycles. The summed E-state index contributed by atoms with van der Waals surface area (Å²) in [5.41, 5.74) is 12.8. The second kappa shape index (κ2) is 12.8. The Morgan fingerprint density at radius 2 is 1.45 bits per heavy atom. The van der Waals surface area contributed by atoms with Gasteiger partial charge in [-0.2, -0.15) is 11.3 Å². The number of nitrogens with zero attached hydrogens (tertiary/aromatic N) is 3. The Bertz CT molecular complexity index is 2330. The number of hydrogen-bond donors (Lipinski definition) is 0. The molecular weight excluding hydrogens is 771 g/mol. The van der Waals surface area contributed by atoms with Crippen molar-refractivity contribution in [2.24, 2.45) is 0 Å². The Hall–Kier alpha value is -4.80. The Labute approximate surface area is 292 Å². The molecule has 1 aliphatic carbocycles. The number of rotatable bonds is 3. The van der Waals surface area contributed by atoms with Crippen molar-refractivity contribution in [1.82, 2.24) is 15.0 Å². The minimum Gasteiger partial charge on any atom is -0.296 e. The molecule has 8 aromatic rings. The molecule has 0 bridgehead atoms. The maximum absolute atomic E-state index is 4.80. The molecule has 3 aromatic heterocycles. The van der Waals surface area contributed by atoms with E-state index in [0.717, 1.165) is 38.2 Å². The molecular formula is C42H29IrN3S-2. The summed E-state index contributed by atoms with van der Waals surface area (Å²) >= 11 is 1.71. The van der Waals surface area contributed by atoms with E-state index in [9.17, 15) is 0 Å². The van der Waals surface area contributed by atoms with E-state index < -0.39 is 0 Å². The zero-order valence-corrected chi connectivity index (χ0v) is 29.1. The normalized spacial score (nSPS) is 12.5. The summed E-state index contributed by atoms with van der Waals surface area (Å²) in [6.45, 7) is 4.59. The van der Waals surface area contributed by atoms with Crippen molar-refractivity contribution < 1.29 is 20.1 Å². The van der Waals surface area contributed by atoms with E-state index in [-0.39, 0.29) is 25.5 Å². The average Bonchev–Trinajstić information content (AvgIpc) is 3.65. The van der Waals surface area contributed by atoms with Gasteiger partial charge in [-0.1, -0.05) is 104 Å². The van der Waals surface area contributed by atoms with Gasteiger partial charge in [0.15, 0.2) is 0 Å². The van der Waals surface area contributed by atoms with Crippen LogP contribution in [0, 0.1) is 12.1 Å². The van der Waals surface area contributed by atoms with Gasteiger partial charge in [0.1, 0.15) is 0 Å². The van der Waals surface area contributed by atoms with Gasteiger partial charge in [-0.05, 0) is 40.4 Å². The first kappa shape index (κ1) is 30.8. The number of aromatic nitrogens is 3. The van der Waals surface area contributed by atoms with E-state index in [1.54, 1.807) is 17.5 Å². The first-order chi connectivity index (χ1) is 22.5. The van der Waals surface area contributed by atoms with E-state index in [1.165, 1.54) is 38.1 Å². The summed E-state index contributed by atoms with van der Waals surface area (Å²) < 4.78 is 1.21. The van der Waals surface area contributed by atoms with Crippen molar-refractivity contribution in [1.29, 1.82) is 0 Å². The van der Waals surface area contributed by atoms with Crippen LogP contribution in [0.25, 0.3) is 65.2 Å². The fraction of sp³-hybridized carbons (Fsp3) is 0.0714. The number of thiazole rings is 1. The van der Waals surface area contributed by atoms with Crippen molar-refractivity contribution in [3.8, 4) is 44.1 Å². The largest absolute Gasteiger partial charge is 0.296 e. The van der Waals surface area contributed by atoms with Crippen molar-refractivity contribution in [3.63, 3.8) is 0 Å². The molecule has 229 valence electrons. The van der Waals surface area contributed by atoms with Crippen LogP contribution in [-0.4, -0.2) is 15.0 Å². The average molecular weight is 800 g/mol. The fourth-order valence-corrected chi connectivity index (χ4v) is 7.24. The van der Waals surface area contributed by atoms with Gasteiger partial charge in [0.05, 0.1) is 11.0 Å². The molecule has 3 nitrogen and oxygen atoms in total. The molecule has 5 aromatic carbocycles. The second-order valence-corrected chi connectivity index (χ2v) is 13.0. The van der Waals surface area contributed by atoms with Crippen LogP contribution in [0.5, 0.6) is 0 Å². The van der Waals surface area contributed by atoms with Gasteiger partial charge in [0.25, 0.3) is 0 Å². The van der Waals surface area contributed by atoms with Crippen molar-refractivity contribution in [3.05, 3.63) is 163 Å². The van der Waals surface area contributed by atoms with Gasteiger partial charge in [-0.15, -0.1) is 64.7 Å². The van der Waals surface area contributed by atoms with Crippen LogP contribution in [-0.2, 0) is 25.5 Å². The first-order valence-corrected chi connectivity index (χ1v) is 16.2. The summed E-state index contributed by atoms with van der Waals surface area (Å²) in [7, 11) is 0. The molecule has 9 rings (SSSR count). The topological polar surface area (TPSA) is 38.7 Å². The monoisotopic (exact) mass is 800 g/mol. The third-order valence-corrected chi connectivity index (χ3v) is 9.78. The molecule has 1 radical (unpaired) electrons. The summed E-state index contributed by atoms with van der Waals surface area (Å²) in [5, 5.41) is 2.08. The molecule has 0 unspecified atom stereocenters. The molecule has 0 amide bonds. The van der Waals surface area contributed by atoms with Gasteiger partial charge in [0, 0.05) is 47.6 Å². The van der Waals surface area contributed by atoms with Gasteiger partial charge >= 0.3 is 0 Å². The molecule has 0 saturated heterocycles. The molecule has 0 fully saturated rings. The SMILES string of the molecule is CC1(C)c2ccccc2-c2c[c-]c(-c3ccc4cnccc4n3)cc21.[Ir].[c-]1ccc(-c2ccccc2)cc1-c1nc2ccccc2s1. The standard InChI is InChI=1S/C23H17N2.C19H12NS.Ir/c1-23(2)19-6-4-3-5-17(19)18-9-7-15(13-20(18)23)21-10-8-16-14-24-12-11-22(16)25-21;1-2-7-14(8-3-1)15-9-6-10-16(13-15)19-20-17-11-4-5-12-18(17)21-19;/h3-6,8-14H,1-2H3;1-9,11-13H;/q2*-1;. The predicted octanol–water partition coefficient (Wildman–Crippen LogP) is 10.8. The van der Waals surface area contributed by atoms with Crippen LogP contribution >= 0.6 is 11.3 Å². The van der Waals surface area contributed by atoms with Gasteiger partial charge in [0.2, 0.25) is 0 Å². The van der Waals surface area contributed by atoms with E-state index in [4.69, 9.17) is 9.97 Å². The summed E-state index contributed by atoms with van der Waals surface area (Å²) in [6.07, 6.45) is 3.63. The molecule has 3 heterocycles. The number of benzene rings is 5. The van der Waals surface area contributed by atoms with E-state index in [0.29, 0.717) is 0 Å². The van der Waals surface area contributed by atoms with Crippen LogP contribution in [0.2, 0.25) is 0 Å². The number of para-hydroxylation sites is 1. The first-order valence-electron chi connectivity index (χ1n) is 15.3. The molecule has 47 heavy (non-hydrogen) atoms. The van der Waals surface area contributed by atoms with Crippen molar-refractivity contribution in [2.45, 2.75) is 19.3 Å². The van der Waals surface area contributed by atoms with Gasteiger partial charge < -0.3 is 0 Å². The third kappa shape index (κ3) is 5.83. The number of pyridine rings is 2. The number of hydrogen-bond acceptors (Lipinski definition) is 4. The zero-order valence-electron chi connectivity index (χ0n) is 25.9. The predicted molar refractivity (Wildman–Crippen MR) is 191 cm³/mol. The van der Waals surface area contributed by atoms with Crippen LogP contribution in [0.4, 0.5) is 0 Å². The summed E-state index contributed by atoms with van der Waals surface area (Å²) in [6, 6.07) is 50.7. The minimum absolute atomic E-state index is 0. The smallest absolute Gasteiger partial charge is 0.0697 e. The minimum atomic E-state index is -0.00343. The molecule has 0 spiro atoms. The van der Waals surface area contributed by atoms with E-state index >= 15 is 0 Å². The maximum Gasteiger partial charge on any atom is 0.0697 e. The maximum atomic E-state index is 4.80. The molecule has 5 heteroatoms. The van der Waals surface area contributed by atoms with Crippen LogP contribution in [0.15, 0.2) is 140 Å². The molecule has 0 saturated carbocycles. The van der Waals surface area contributed by atoms with Crippen molar-refractivity contribution in [2.75, 3.05) is 0 Å². The Morgan fingerprint density at radius 3 is 2.32 bits per heavy atom. The number of fused-ring (bicyclic) bond motifs is 5. The Morgan fingerprint density at radius 1 is 0.638 bits per heavy atom. The Balaban J connectivity index is 0.000000148. The molecule has 0 atom stereocenters. The summed E-state index contributed by atoms with van der Waals surface area (Å²) in [4.78, 5) is 13.7. The van der Waals surface area contributed by atoms with Crippen molar-refractivity contribution >= 4 is 32.5 Å². The quantitative estimate of drug-likeness (QED) is 0.167. The van der Waals surface area contributed by atoms with Crippen LogP contribution in [0.3, 0.4) is 0 Å². The van der Waals surface area contributed by atoms with Gasteiger partial charge in [-0.3, -0.25) is 15.0 Å². The zero-order chi connectivity index (χ0) is 31.1. The molecule has 1 aliphatic rings.